The highest BCUT2D eigenvalue weighted by molar-refractivity contribution is 6.06. The smallest absolute Gasteiger partial charge is 0.339 e. The van der Waals surface area contributed by atoms with Crippen molar-refractivity contribution in [1.82, 2.24) is 4.98 Å². The quantitative estimate of drug-likeness (QED) is 0.369. The summed E-state index contributed by atoms with van der Waals surface area (Å²) in [6, 6.07) is 19.8. The Labute approximate surface area is 201 Å². The van der Waals surface area contributed by atoms with Crippen LogP contribution >= 0.6 is 0 Å². The van der Waals surface area contributed by atoms with Crippen LogP contribution in [-0.4, -0.2) is 37.2 Å². The van der Waals surface area contributed by atoms with Crippen LogP contribution in [0.2, 0.25) is 0 Å². The Morgan fingerprint density at radius 3 is 2.37 bits per heavy atom. The molecular formula is C27H23FN2O5. The molecule has 1 aromatic heterocycles. The van der Waals surface area contributed by atoms with Gasteiger partial charge in [-0.1, -0.05) is 30.3 Å². The number of halogens is 1. The molecule has 0 radical (unpaired) electrons. The fourth-order valence-electron chi connectivity index (χ4n) is 3.56. The van der Waals surface area contributed by atoms with Crippen molar-refractivity contribution in [3.8, 4) is 22.8 Å². The van der Waals surface area contributed by atoms with Crippen molar-refractivity contribution in [2.75, 3.05) is 19.5 Å². The third-order valence-electron chi connectivity index (χ3n) is 5.40. The summed E-state index contributed by atoms with van der Waals surface area (Å²) in [5.74, 6) is -0.864. The number of nitrogens with one attached hydrogen (secondary N) is 1. The SMILES string of the molecule is COc1ccc(-c2cc(C(=O)OC(C)C(=O)Nc3ccccc3F)c3ccccc3n2)cc1OC. The molecule has 0 aliphatic rings. The van der Waals surface area contributed by atoms with E-state index in [0.717, 1.165) is 0 Å². The lowest BCUT2D eigenvalue weighted by atomic mass is 10.0. The van der Waals surface area contributed by atoms with Crippen LogP contribution in [0.4, 0.5) is 10.1 Å². The molecule has 1 N–H and O–H groups in total. The monoisotopic (exact) mass is 474 g/mol. The summed E-state index contributed by atoms with van der Waals surface area (Å²) in [6.45, 7) is 1.42. The first-order chi connectivity index (χ1) is 16.9. The fraction of sp³-hybridized carbons (Fsp3) is 0.148. The van der Waals surface area contributed by atoms with Crippen LogP contribution in [0.15, 0.2) is 72.8 Å². The van der Waals surface area contributed by atoms with Crippen molar-refractivity contribution in [2.45, 2.75) is 13.0 Å². The molecule has 0 aliphatic heterocycles. The number of hydrogen-bond acceptors (Lipinski definition) is 6. The largest absolute Gasteiger partial charge is 0.493 e. The number of fused-ring (bicyclic) bond motifs is 1. The van der Waals surface area contributed by atoms with Gasteiger partial charge < -0.3 is 19.5 Å². The van der Waals surface area contributed by atoms with Crippen LogP contribution in [0.3, 0.4) is 0 Å². The van der Waals surface area contributed by atoms with E-state index in [1.54, 1.807) is 55.6 Å². The molecule has 0 bridgehead atoms. The van der Waals surface area contributed by atoms with Crippen molar-refractivity contribution in [3.63, 3.8) is 0 Å². The molecule has 8 heteroatoms. The highest BCUT2D eigenvalue weighted by Crippen LogP contribution is 2.33. The predicted octanol–water partition coefficient (Wildman–Crippen LogP) is 5.24. The molecule has 1 unspecified atom stereocenters. The third-order valence-corrected chi connectivity index (χ3v) is 5.40. The summed E-state index contributed by atoms with van der Waals surface area (Å²) in [7, 11) is 3.08. The van der Waals surface area contributed by atoms with E-state index in [0.29, 0.717) is 33.7 Å². The van der Waals surface area contributed by atoms with Gasteiger partial charge in [-0.25, -0.2) is 14.2 Å². The Bertz CT molecular complexity index is 1410. The zero-order valence-corrected chi connectivity index (χ0v) is 19.4. The van der Waals surface area contributed by atoms with Gasteiger partial charge in [0.15, 0.2) is 17.6 Å². The fourth-order valence-corrected chi connectivity index (χ4v) is 3.56. The minimum absolute atomic E-state index is 0.00509. The normalized spacial score (nSPS) is 11.5. The molecule has 0 saturated heterocycles. The lowest BCUT2D eigenvalue weighted by Crippen LogP contribution is -2.30. The number of hydrogen-bond donors (Lipinski definition) is 1. The molecule has 0 aliphatic carbocycles. The average molecular weight is 474 g/mol. The number of carbonyl (C=O) groups is 2. The maximum atomic E-state index is 13.9. The number of nitrogens with zero attached hydrogens (tertiary/aromatic N) is 1. The van der Waals surface area contributed by atoms with E-state index in [1.807, 2.05) is 6.07 Å². The van der Waals surface area contributed by atoms with Crippen molar-refractivity contribution >= 4 is 28.5 Å². The zero-order valence-electron chi connectivity index (χ0n) is 19.4. The Balaban J connectivity index is 1.65. The number of ether oxygens (including phenoxy) is 3. The number of aromatic nitrogens is 1. The molecule has 178 valence electrons. The number of methoxy groups -OCH3 is 2. The first-order valence-electron chi connectivity index (χ1n) is 10.8. The zero-order chi connectivity index (χ0) is 24.9. The molecular weight excluding hydrogens is 451 g/mol. The Morgan fingerprint density at radius 2 is 1.63 bits per heavy atom. The molecule has 1 amide bonds. The van der Waals surface area contributed by atoms with E-state index in [4.69, 9.17) is 14.2 Å². The molecule has 1 heterocycles. The maximum absolute atomic E-state index is 13.9. The summed E-state index contributed by atoms with van der Waals surface area (Å²) in [4.78, 5) is 30.3. The number of amides is 1. The topological polar surface area (TPSA) is 86.8 Å². The summed E-state index contributed by atoms with van der Waals surface area (Å²) in [5, 5.41) is 3.01. The number of pyridine rings is 1. The molecule has 3 aromatic carbocycles. The molecule has 4 rings (SSSR count). The second-order valence-corrected chi connectivity index (χ2v) is 7.66. The first kappa shape index (κ1) is 23.7. The van der Waals surface area contributed by atoms with Crippen LogP contribution in [0.1, 0.15) is 17.3 Å². The maximum Gasteiger partial charge on any atom is 0.339 e. The van der Waals surface area contributed by atoms with Crippen LogP contribution in [0, 0.1) is 5.82 Å². The van der Waals surface area contributed by atoms with Gasteiger partial charge in [0.1, 0.15) is 5.82 Å². The van der Waals surface area contributed by atoms with Gasteiger partial charge in [0.25, 0.3) is 5.91 Å². The highest BCUT2D eigenvalue weighted by Gasteiger charge is 2.22. The standard InChI is InChI=1S/C27H23FN2O5/c1-16(26(31)30-22-11-7-5-9-20(22)28)35-27(32)19-15-23(29-21-10-6-4-8-18(19)21)17-12-13-24(33-2)25(14-17)34-3/h4-16H,1-3H3,(H,30,31). The van der Waals surface area contributed by atoms with E-state index in [9.17, 15) is 14.0 Å². The van der Waals surface area contributed by atoms with Gasteiger partial charge >= 0.3 is 5.97 Å². The minimum Gasteiger partial charge on any atom is -0.493 e. The van der Waals surface area contributed by atoms with Gasteiger partial charge in [0, 0.05) is 10.9 Å². The summed E-state index contributed by atoms with van der Waals surface area (Å²) in [6.07, 6.45) is -1.17. The second-order valence-electron chi connectivity index (χ2n) is 7.66. The molecule has 0 spiro atoms. The molecule has 0 saturated carbocycles. The van der Waals surface area contributed by atoms with E-state index in [-0.39, 0.29) is 11.3 Å². The number of esters is 1. The highest BCUT2D eigenvalue weighted by atomic mass is 19.1. The Morgan fingerprint density at radius 1 is 0.914 bits per heavy atom. The Kier molecular flexibility index (Phi) is 6.91. The number of benzene rings is 3. The van der Waals surface area contributed by atoms with Gasteiger partial charge in [-0.05, 0) is 49.4 Å². The van der Waals surface area contributed by atoms with Crippen molar-refractivity contribution in [1.29, 1.82) is 0 Å². The predicted molar refractivity (Wildman–Crippen MR) is 130 cm³/mol. The third kappa shape index (κ3) is 5.06. The molecule has 1 atom stereocenters. The van der Waals surface area contributed by atoms with Crippen LogP contribution in [-0.2, 0) is 9.53 Å². The average Bonchev–Trinajstić information content (AvgIpc) is 2.88. The van der Waals surface area contributed by atoms with E-state index < -0.39 is 23.8 Å². The van der Waals surface area contributed by atoms with Crippen molar-refractivity contribution in [2.24, 2.45) is 0 Å². The lowest BCUT2D eigenvalue weighted by molar-refractivity contribution is -0.123. The Hall–Kier alpha value is -4.46. The van der Waals surface area contributed by atoms with Gasteiger partial charge in [-0.3, -0.25) is 4.79 Å². The van der Waals surface area contributed by atoms with Crippen molar-refractivity contribution in [3.05, 3.63) is 84.2 Å². The van der Waals surface area contributed by atoms with Gasteiger partial charge in [0.05, 0.1) is 36.7 Å². The van der Waals surface area contributed by atoms with Gasteiger partial charge in [0.2, 0.25) is 0 Å². The van der Waals surface area contributed by atoms with E-state index in [2.05, 4.69) is 10.3 Å². The number of rotatable bonds is 7. The molecule has 0 fully saturated rings. The van der Waals surface area contributed by atoms with E-state index >= 15 is 0 Å². The van der Waals surface area contributed by atoms with Crippen LogP contribution in [0.25, 0.3) is 22.2 Å². The van der Waals surface area contributed by atoms with Crippen LogP contribution < -0.4 is 14.8 Å². The summed E-state index contributed by atoms with van der Waals surface area (Å²) >= 11 is 0. The second kappa shape index (κ2) is 10.2. The number of anilines is 1. The molecule has 4 aromatic rings. The van der Waals surface area contributed by atoms with Crippen molar-refractivity contribution < 1.29 is 28.2 Å². The molecule has 7 nitrogen and oxygen atoms in total. The lowest BCUT2D eigenvalue weighted by Gasteiger charge is -2.15. The van der Waals surface area contributed by atoms with E-state index in [1.165, 1.54) is 32.2 Å². The van der Waals surface area contributed by atoms with Gasteiger partial charge in [-0.2, -0.15) is 0 Å². The summed E-state index contributed by atoms with van der Waals surface area (Å²) < 4.78 is 30.0. The first-order valence-corrected chi connectivity index (χ1v) is 10.8. The number of carbonyl (C=O) groups excluding carboxylic acids is 2. The molecule has 35 heavy (non-hydrogen) atoms. The summed E-state index contributed by atoms with van der Waals surface area (Å²) in [5.41, 5.74) is 2.04. The minimum atomic E-state index is -1.17. The van der Waals surface area contributed by atoms with Gasteiger partial charge in [-0.15, -0.1) is 0 Å². The van der Waals surface area contributed by atoms with Crippen LogP contribution in [0.5, 0.6) is 11.5 Å². The number of para-hydroxylation sites is 2.